The van der Waals surface area contributed by atoms with Crippen LogP contribution in [0.25, 0.3) is 0 Å². The lowest BCUT2D eigenvalue weighted by Crippen LogP contribution is -1.94. The fraction of sp³-hybridized carbons (Fsp3) is 0.714. The van der Waals surface area contributed by atoms with Gasteiger partial charge in [-0.05, 0) is 19.8 Å². The van der Waals surface area contributed by atoms with Gasteiger partial charge in [0.05, 0.1) is 6.10 Å². The monoisotopic (exact) mass is 114 g/mol. The first-order chi connectivity index (χ1) is 3.77. The molecule has 8 heavy (non-hydrogen) atoms. The lowest BCUT2D eigenvalue weighted by atomic mass is 10.2. The third-order valence-corrected chi connectivity index (χ3v) is 0.880. The molecule has 0 amide bonds. The van der Waals surface area contributed by atoms with Crippen LogP contribution in [0.3, 0.4) is 0 Å². The van der Waals surface area contributed by atoms with E-state index in [1.54, 1.807) is 6.92 Å². The van der Waals surface area contributed by atoms with E-state index in [1.807, 2.05) is 6.08 Å². The number of rotatable bonds is 3. The summed E-state index contributed by atoms with van der Waals surface area (Å²) in [6, 6.07) is 0. The quantitative estimate of drug-likeness (QED) is 0.554. The summed E-state index contributed by atoms with van der Waals surface area (Å²) in [5, 5.41) is 8.73. The molecule has 0 aromatic heterocycles. The lowest BCUT2D eigenvalue weighted by molar-refractivity contribution is 0.198. The van der Waals surface area contributed by atoms with Crippen LogP contribution in [-0.4, -0.2) is 11.2 Å². The summed E-state index contributed by atoms with van der Waals surface area (Å²) < 4.78 is 0. The predicted molar refractivity (Wildman–Crippen MR) is 35.7 cm³/mol. The summed E-state index contributed by atoms with van der Waals surface area (Å²) in [5.41, 5.74) is 0. The largest absolute Gasteiger partial charge is 0.393 e. The van der Waals surface area contributed by atoms with E-state index in [9.17, 15) is 0 Å². The molecule has 48 valence electrons. The molecule has 0 aliphatic carbocycles. The second-order valence-corrected chi connectivity index (χ2v) is 1.96. The summed E-state index contributed by atoms with van der Waals surface area (Å²) >= 11 is 0. The third kappa shape index (κ3) is 5.70. The Bertz CT molecular complexity index is 64.8. The van der Waals surface area contributed by atoms with Gasteiger partial charge in [-0.1, -0.05) is 19.1 Å². The van der Waals surface area contributed by atoms with Crippen molar-refractivity contribution in [2.24, 2.45) is 0 Å². The molecule has 0 spiro atoms. The van der Waals surface area contributed by atoms with Gasteiger partial charge in [-0.3, -0.25) is 0 Å². The van der Waals surface area contributed by atoms with Crippen molar-refractivity contribution < 1.29 is 5.11 Å². The van der Waals surface area contributed by atoms with E-state index in [2.05, 4.69) is 13.0 Å². The van der Waals surface area contributed by atoms with Crippen molar-refractivity contribution in [2.45, 2.75) is 32.8 Å². The van der Waals surface area contributed by atoms with Crippen molar-refractivity contribution in [3.8, 4) is 0 Å². The van der Waals surface area contributed by atoms with Crippen LogP contribution in [-0.2, 0) is 0 Å². The standard InChI is InChI=1S/C7H14O/c1-3-4-5-6-7(2)8/h4-5,7-8H,3,6H2,1-2H3/b5-4+. The summed E-state index contributed by atoms with van der Waals surface area (Å²) in [5.74, 6) is 0. The molecule has 0 rings (SSSR count). The van der Waals surface area contributed by atoms with E-state index >= 15 is 0 Å². The third-order valence-electron chi connectivity index (χ3n) is 0.880. The second kappa shape index (κ2) is 4.85. The average molecular weight is 114 g/mol. The maximum atomic E-state index is 8.73. The molecular weight excluding hydrogens is 100 g/mol. The van der Waals surface area contributed by atoms with Crippen molar-refractivity contribution in [1.82, 2.24) is 0 Å². The minimum absolute atomic E-state index is 0.183. The number of hydrogen-bond donors (Lipinski definition) is 1. The van der Waals surface area contributed by atoms with Gasteiger partial charge in [0.2, 0.25) is 0 Å². The van der Waals surface area contributed by atoms with Crippen LogP contribution in [0.2, 0.25) is 0 Å². The summed E-state index contributed by atoms with van der Waals surface area (Å²) in [6.07, 6.45) is 5.73. The van der Waals surface area contributed by atoms with Crippen LogP contribution >= 0.6 is 0 Å². The summed E-state index contributed by atoms with van der Waals surface area (Å²) in [4.78, 5) is 0. The molecule has 0 aliphatic rings. The second-order valence-electron chi connectivity index (χ2n) is 1.96. The molecule has 0 radical (unpaired) electrons. The first kappa shape index (κ1) is 7.70. The van der Waals surface area contributed by atoms with Crippen LogP contribution in [0, 0.1) is 0 Å². The highest BCUT2D eigenvalue weighted by atomic mass is 16.3. The van der Waals surface area contributed by atoms with Gasteiger partial charge in [0, 0.05) is 0 Å². The number of allylic oxidation sites excluding steroid dienone is 1. The summed E-state index contributed by atoms with van der Waals surface area (Å²) in [6.45, 7) is 3.87. The van der Waals surface area contributed by atoms with Gasteiger partial charge in [-0.2, -0.15) is 0 Å². The van der Waals surface area contributed by atoms with E-state index < -0.39 is 0 Å². The normalized spacial score (nSPS) is 14.9. The molecule has 1 N–H and O–H groups in total. The molecule has 0 aliphatic heterocycles. The van der Waals surface area contributed by atoms with Gasteiger partial charge in [-0.25, -0.2) is 0 Å². The Hall–Kier alpha value is -0.300. The highest BCUT2D eigenvalue weighted by molar-refractivity contribution is 4.81. The Morgan fingerprint density at radius 2 is 2.12 bits per heavy atom. The van der Waals surface area contributed by atoms with Crippen molar-refractivity contribution in [2.75, 3.05) is 0 Å². The van der Waals surface area contributed by atoms with Crippen LogP contribution in [0.15, 0.2) is 12.2 Å². The highest BCUT2D eigenvalue weighted by Gasteiger charge is 1.86. The van der Waals surface area contributed by atoms with Crippen molar-refractivity contribution in [1.29, 1.82) is 0 Å². The van der Waals surface area contributed by atoms with Gasteiger partial charge in [-0.15, -0.1) is 0 Å². The minimum Gasteiger partial charge on any atom is -0.393 e. The average Bonchev–Trinajstić information content (AvgIpc) is 1.66. The zero-order valence-corrected chi connectivity index (χ0v) is 5.59. The maximum absolute atomic E-state index is 8.73. The van der Waals surface area contributed by atoms with Gasteiger partial charge in [0.15, 0.2) is 0 Å². The first-order valence-corrected chi connectivity index (χ1v) is 3.10. The van der Waals surface area contributed by atoms with Crippen LogP contribution < -0.4 is 0 Å². The number of hydrogen-bond acceptors (Lipinski definition) is 1. The van der Waals surface area contributed by atoms with E-state index in [-0.39, 0.29) is 6.10 Å². The first-order valence-electron chi connectivity index (χ1n) is 3.10. The van der Waals surface area contributed by atoms with Crippen molar-refractivity contribution in [3.05, 3.63) is 12.2 Å². The smallest absolute Gasteiger partial charge is 0.0546 e. The summed E-state index contributed by atoms with van der Waals surface area (Å²) in [7, 11) is 0. The zero-order chi connectivity index (χ0) is 6.41. The van der Waals surface area contributed by atoms with E-state index in [0.29, 0.717) is 0 Å². The Labute approximate surface area is 51.0 Å². The molecule has 1 unspecified atom stereocenters. The molecular formula is C7H14O. The molecule has 1 nitrogen and oxygen atoms in total. The molecule has 0 aromatic carbocycles. The van der Waals surface area contributed by atoms with Crippen molar-refractivity contribution in [3.63, 3.8) is 0 Å². The van der Waals surface area contributed by atoms with Gasteiger partial charge < -0.3 is 5.11 Å². The topological polar surface area (TPSA) is 20.2 Å². The lowest BCUT2D eigenvalue weighted by Gasteiger charge is -1.94. The Morgan fingerprint density at radius 1 is 1.50 bits per heavy atom. The Kier molecular flexibility index (Phi) is 4.67. The molecule has 1 atom stereocenters. The highest BCUT2D eigenvalue weighted by Crippen LogP contribution is 1.91. The van der Waals surface area contributed by atoms with Crippen molar-refractivity contribution >= 4 is 0 Å². The van der Waals surface area contributed by atoms with Crippen LogP contribution in [0.5, 0.6) is 0 Å². The molecule has 0 aromatic rings. The fourth-order valence-corrected chi connectivity index (χ4v) is 0.460. The van der Waals surface area contributed by atoms with Crippen LogP contribution in [0.4, 0.5) is 0 Å². The van der Waals surface area contributed by atoms with Gasteiger partial charge in [0.1, 0.15) is 0 Å². The van der Waals surface area contributed by atoms with E-state index in [4.69, 9.17) is 5.11 Å². The number of aliphatic hydroxyl groups is 1. The SMILES string of the molecule is CC/C=C/CC(C)O. The molecule has 0 bridgehead atoms. The molecule has 0 saturated carbocycles. The van der Waals surface area contributed by atoms with E-state index in [0.717, 1.165) is 12.8 Å². The Balaban J connectivity index is 3.03. The maximum Gasteiger partial charge on any atom is 0.0546 e. The fourth-order valence-electron chi connectivity index (χ4n) is 0.460. The molecule has 0 saturated heterocycles. The minimum atomic E-state index is -0.183. The van der Waals surface area contributed by atoms with Crippen LogP contribution in [0.1, 0.15) is 26.7 Å². The van der Waals surface area contributed by atoms with Gasteiger partial charge in [0.25, 0.3) is 0 Å². The molecule has 0 fully saturated rings. The Morgan fingerprint density at radius 3 is 2.50 bits per heavy atom. The molecule has 1 heteroatoms. The zero-order valence-electron chi connectivity index (χ0n) is 5.59. The number of aliphatic hydroxyl groups excluding tert-OH is 1. The molecule has 0 heterocycles. The van der Waals surface area contributed by atoms with E-state index in [1.165, 1.54) is 0 Å². The van der Waals surface area contributed by atoms with Gasteiger partial charge >= 0.3 is 0 Å². The predicted octanol–water partition coefficient (Wildman–Crippen LogP) is 1.72.